The van der Waals surface area contributed by atoms with Gasteiger partial charge in [-0.3, -0.25) is 4.99 Å². The predicted octanol–water partition coefficient (Wildman–Crippen LogP) is 3.74. The molecule has 2 N–H and O–H groups in total. The molecule has 0 saturated heterocycles. The first-order valence-corrected chi connectivity index (χ1v) is 9.10. The second-order valence-electron chi connectivity index (χ2n) is 6.39. The van der Waals surface area contributed by atoms with E-state index in [0.717, 1.165) is 6.42 Å². The number of nitrogens with one attached hydrogen (secondary N) is 2. The number of guanidine groups is 1. The zero-order valence-corrected chi connectivity index (χ0v) is 16.4. The normalized spacial score (nSPS) is 13.6. The molecule has 1 aromatic rings. The zero-order chi connectivity index (χ0) is 20.3. The lowest BCUT2D eigenvalue weighted by atomic mass is 10.0. The molecule has 0 saturated carbocycles. The van der Waals surface area contributed by atoms with Crippen molar-refractivity contribution in [2.24, 2.45) is 10.9 Å². The number of alkyl halides is 3. The fraction of sp³-hybridized carbons (Fsp3) is 0.632. The molecule has 1 rings (SSSR count). The van der Waals surface area contributed by atoms with Crippen LogP contribution in [0.5, 0.6) is 5.75 Å². The Hall–Kier alpha value is -1.96. The van der Waals surface area contributed by atoms with Crippen LogP contribution in [0.15, 0.2) is 29.3 Å². The van der Waals surface area contributed by atoms with Gasteiger partial charge >= 0.3 is 6.18 Å². The maximum atomic E-state index is 12.4. The van der Waals surface area contributed by atoms with E-state index in [-0.39, 0.29) is 11.9 Å². The smallest absolute Gasteiger partial charge is 0.422 e. The van der Waals surface area contributed by atoms with E-state index >= 15 is 0 Å². The molecular formula is C19H30F3N3O2. The Morgan fingerprint density at radius 1 is 1.19 bits per heavy atom. The van der Waals surface area contributed by atoms with Gasteiger partial charge in [0.15, 0.2) is 12.6 Å². The van der Waals surface area contributed by atoms with E-state index in [9.17, 15) is 13.2 Å². The quantitative estimate of drug-likeness (QED) is 0.473. The van der Waals surface area contributed by atoms with Gasteiger partial charge in [0.25, 0.3) is 0 Å². The summed E-state index contributed by atoms with van der Waals surface area (Å²) >= 11 is 0. The Balaban J connectivity index is 2.53. The number of halogens is 3. The van der Waals surface area contributed by atoms with Gasteiger partial charge in [0.1, 0.15) is 5.75 Å². The Kier molecular flexibility index (Phi) is 9.99. The molecule has 5 nitrogen and oxygen atoms in total. The van der Waals surface area contributed by atoms with Gasteiger partial charge in [-0.1, -0.05) is 32.0 Å². The molecule has 0 heterocycles. The molecule has 0 fully saturated rings. The van der Waals surface area contributed by atoms with Gasteiger partial charge in [-0.25, -0.2) is 0 Å². The summed E-state index contributed by atoms with van der Waals surface area (Å²) in [5.74, 6) is 1.19. The topological polar surface area (TPSA) is 54.9 Å². The molecule has 0 spiro atoms. The van der Waals surface area contributed by atoms with Gasteiger partial charge in [-0.2, -0.15) is 13.2 Å². The van der Waals surface area contributed by atoms with E-state index in [1.807, 2.05) is 6.92 Å². The van der Waals surface area contributed by atoms with Gasteiger partial charge < -0.3 is 20.1 Å². The SMILES string of the molecule is CCOC(CCNC(=NC)NCc1ccccc1OCC(F)(F)F)C(C)C. The second kappa shape index (κ2) is 11.7. The average molecular weight is 389 g/mol. The van der Waals surface area contributed by atoms with E-state index in [1.54, 1.807) is 25.2 Å². The van der Waals surface area contributed by atoms with Crippen LogP contribution < -0.4 is 15.4 Å². The van der Waals surface area contributed by atoms with E-state index in [4.69, 9.17) is 9.47 Å². The third kappa shape index (κ3) is 9.51. The molecule has 8 heteroatoms. The zero-order valence-electron chi connectivity index (χ0n) is 16.4. The lowest BCUT2D eigenvalue weighted by Gasteiger charge is -2.21. The fourth-order valence-corrected chi connectivity index (χ4v) is 2.51. The minimum Gasteiger partial charge on any atom is -0.484 e. The van der Waals surface area contributed by atoms with Crippen LogP contribution in [0.4, 0.5) is 13.2 Å². The van der Waals surface area contributed by atoms with Crippen LogP contribution in [0.2, 0.25) is 0 Å². The molecule has 0 amide bonds. The molecule has 1 unspecified atom stereocenters. The molecule has 1 atom stereocenters. The first-order valence-electron chi connectivity index (χ1n) is 9.10. The molecule has 0 aliphatic heterocycles. The van der Waals surface area contributed by atoms with Gasteiger partial charge in [-0.15, -0.1) is 0 Å². The number of hydrogen-bond acceptors (Lipinski definition) is 3. The third-order valence-electron chi connectivity index (χ3n) is 3.88. The van der Waals surface area contributed by atoms with Crippen molar-refractivity contribution in [3.05, 3.63) is 29.8 Å². The van der Waals surface area contributed by atoms with E-state index in [1.165, 1.54) is 6.07 Å². The van der Waals surface area contributed by atoms with E-state index < -0.39 is 12.8 Å². The summed E-state index contributed by atoms with van der Waals surface area (Å²) in [4.78, 5) is 4.14. The van der Waals surface area contributed by atoms with Crippen molar-refractivity contribution in [3.8, 4) is 5.75 Å². The van der Waals surface area contributed by atoms with Crippen molar-refractivity contribution < 1.29 is 22.6 Å². The standard InChI is InChI=1S/C19H30F3N3O2/c1-5-26-16(14(2)3)10-11-24-18(23-4)25-12-15-8-6-7-9-17(15)27-13-19(20,21)22/h6-9,14,16H,5,10-13H2,1-4H3,(H2,23,24,25). The van der Waals surface area contributed by atoms with Crippen molar-refractivity contribution in [1.82, 2.24) is 10.6 Å². The minimum atomic E-state index is -4.37. The van der Waals surface area contributed by atoms with Gasteiger partial charge in [0.2, 0.25) is 0 Å². The first-order chi connectivity index (χ1) is 12.8. The molecule has 0 aliphatic carbocycles. The molecule has 0 aliphatic rings. The molecule has 154 valence electrons. The van der Waals surface area contributed by atoms with Crippen LogP contribution in [-0.4, -0.2) is 45.0 Å². The summed E-state index contributed by atoms with van der Waals surface area (Å²) in [6, 6.07) is 6.63. The monoisotopic (exact) mass is 389 g/mol. The maximum absolute atomic E-state index is 12.4. The number of benzene rings is 1. The maximum Gasteiger partial charge on any atom is 0.422 e. The molecule has 1 aromatic carbocycles. The van der Waals surface area contributed by atoms with Crippen LogP contribution >= 0.6 is 0 Å². The molecule has 27 heavy (non-hydrogen) atoms. The second-order valence-corrected chi connectivity index (χ2v) is 6.39. The van der Waals surface area contributed by atoms with Crippen molar-refractivity contribution in [1.29, 1.82) is 0 Å². The summed E-state index contributed by atoms with van der Waals surface area (Å²) in [5.41, 5.74) is 0.624. The number of nitrogens with zero attached hydrogens (tertiary/aromatic N) is 1. The lowest BCUT2D eigenvalue weighted by molar-refractivity contribution is -0.153. The summed E-state index contributed by atoms with van der Waals surface area (Å²) < 4.78 is 47.7. The summed E-state index contributed by atoms with van der Waals surface area (Å²) in [6.45, 7) is 6.54. The van der Waals surface area contributed by atoms with Crippen molar-refractivity contribution in [2.75, 3.05) is 26.8 Å². The van der Waals surface area contributed by atoms with E-state index in [0.29, 0.717) is 37.1 Å². The number of hydrogen-bond donors (Lipinski definition) is 2. The largest absolute Gasteiger partial charge is 0.484 e. The third-order valence-corrected chi connectivity index (χ3v) is 3.88. The number of ether oxygens (including phenoxy) is 2. The number of aliphatic imine (C=N–C) groups is 1. The van der Waals surface area contributed by atoms with Crippen molar-refractivity contribution >= 4 is 5.96 Å². The molecular weight excluding hydrogens is 359 g/mol. The summed E-state index contributed by atoms with van der Waals surface area (Å²) in [5, 5.41) is 6.29. The highest BCUT2D eigenvalue weighted by atomic mass is 19.4. The first kappa shape index (κ1) is 23.1. The van der Waals surface area contributed by atoms with E-state index in [2.05, 4.69) is 29.5 Å². The van der Waals surface area contributed by atoms with Crippen LogP contribution in [0, 0.1) is 5.92 Å². The number of rotatable bonds is 10. The van der Waals surface area contributed by atoms with Crippen LogP contribution in [0.3, 0.4) is 0 Å². The predicted molar refractivity (Wildman–Crippen MR) is 101 cm³/mol. The van der Waals surface area contributed by atoms with Crippen LogP contribution in [0.25, 0.3) is 0 Å². The number of para-hydroxylation sites is 1. The van der Waals surface area contributed by atoms with Gasteiger partial charge in [-0.05, 0) is 25.3 Å². The molecule has 0 radical (unpaired) electrons. The highest BCUT2D eigenvalue weighted by molar-refractivity contribution is 5.79. The molecule has 0 aromatic heterocycles. The van der Waals surface area contributed by atoms with Gasteiger partial charge in [0.05, 0.1) is 6.10 Å². The van der Waals surface area contributed by atoms with Crippen LogP contribution in [0.1, 0.15) is 32.8 Å². The summed E-state index contributed by atoms with van der Waals surface area (Å²) in [7, 11) is 1.64. The molecule has 0 bridgehead atoms. The van der Waals surface area contributed by atoms with Gasteiger partial charge in [0, 0.05) is 32.3 Å². The van der Waals surface area contributed by atoms with Crippen molar-refractivity contribution in [3.63, 3.8) is 0 Å². The Morgan fingerprint density at radius 2 is 1.89 bits per heavy atom. The Morgan fingerprint density at radius 3 is 2.48 bits per heavy atom. The fourth-order valence-electron chi connectivity index (χ4n) is 2.51. The minimum absolute atomic E-state index is 0.164. The lowest BCUT2D eigenvalue weighted by Crippen LogP contribution is -2.39. The Bertz CT molecular complexity index is 578. The Labute approximate surface area is 159 Å². The highest BCUT2D eigenvalue weighted by Gasteiger charge is 2.28. The van der Waals surface area contributed by atoms with Crippen LogP contribution in [-0.2, 0) is 11.3 Å². The van der Waals surface area contributed by atoms with Crippen molar-refractivity contribution in [2.45, 2.75) is 46.0 Å². The average Bonchev–Trinajstić information content (AvgIpc) is 2.61. The summed E-state index contributed by atoms with van der Waals surface area (Å²) in [6.07, 6.45) is -3.37. The highest BCUT2D eigenvalue weighted by Crippen LogP contribution is 2.22.